The van der Waals surface area contributed by atoms with Gasteiger partial charge in [-0.2, -0.15) is 26.3 Å². The molecule has 1 atom stereocenters. The van der Waals surface area contributed by atoms with Crippen LogP contribution in [0.3, 0.4) is 0 Å². The maximum Gasteiger partial charge on any atom is 0.490 e. The molecule has 2 aliphatic rings. The van der Waals surface area contributed by atoms with E-state index in [0.717, 1.165) is 57.5 Å². The van der Waals surface area contributed by atoms with Gasteiger partial charge in [-0.3, -0.25) is 9.88 Å². The van der Waals surface area contributed by atoms with Crippen molar-refractivity contribution in [3.63, 3.8) is 0 Å². The van der Waals surface area contributed by atoms with Crippen molar-refractivity contribution < 1.29 is 55.6 Å². The highest BCUT2D eigenvalue weighted by Crippen LogP contribution is 2.34. The molecule has 228 valence electrons. The van der Waals surface area contributed by atoms with Crippen LogP contribution in [0.25, 0.3) is 0 Å². The molecule has 16 heteroatoms. The number of ether oxygens (including phenoxy) is 2. The maximum absolute atomic E-state index is 10.6. The summed E-state index contributed by atoms with van der Waals surface area (Å²) in [6.45, 7) is 6.58. The molecule has 3 heterocycles. The number of halogens is 6. The van der Waals surface area contributed by atoms with Crippen molar-refractivity contribution in [1.29, 1.82) is 0 Å². The van der Waals surface area contributed by atoms with E-state index in [0.29, 0.717) is 0 Å². The molecule has 0 aliphatic carbocycles. The standard InChI is InChI=1S/C21H28N4O2.2C2HF3O2/c1-26-19-5-3-18(4-6-19)14-24-10-2-7-21(15-24)16-25(11-12-27-17-21)20-13-22-8-9-23-20;2*3-2(4,5)1(6)7/h3-6,8-9,13H,2,7,10-12,14-17H2,1H3;2*(H,6,7). The van der Waals surface area contributed by atoms with Crippen molar-refractivity contribution in [3.8, 4) is 5.75 Å². The molecule has 4 rings (SSSR count). The molecule has 41 heavy (non-hydrogen) atoms. The summed E-state index contributed by atoms with van der Waals surface area (Å²) >= 11 is 0. The van der Waals surface area contributed by atoms with Gasteiger partial charge in [0.15, 0.2) is 0 Å². The van der Waals surface area contributed by atoms with Gasteiger partial charge in [-0.25, -0.2) is 14.6 Å². The van der Waals surface area contributed by atoms with Gasteiger partial charge in [0.05, 0.1) is 26.5 Å². The van der Waals surface area contributed by atoms with Gasteiger partial charge in [0, 0.05) is 44.0 Å². The van der Waals surface area contributed by atoms with Crippen LogP contribution < -0.4 is 9.64 Å². The molecular weight excluding hydrogens is 566 g/mol. The molecule has 10 nitrogen and oxygen atoms in total. The van der Waals surface area contributed by atoms with Gasteiger partial charge in [0.1, 0.15) is 11.6 Å². The van der Waals surface area contributed by atoms with Gasteiger partial charge in [-0.15, -0.1) is 0 Å². The highest BCUT2D eigenvalue weighted by Gasteiger charge is 2.40. The number of piperidine rings is 1. The van der Waals surface area contributed by atoms with Crippen molar-refractivity contribution in [3.05, 3.63) is 48.4 Å². The molecule has 1 aromatic carbocycles. The largest absolute Gasteiger partial charge is 0.497 e. The Bertz CT molecular complexity index is 1080. The van der Waals surface area contributed by atoms with Crippen LogP contribution >= 0.6 is 0 Å². The summed E-state index contributed by atoms with van der Waals surface area (Å²) < 4.78 is 74.8. The van der Waals surface area contributed by atoms with Crippen LogP contribution in [0.4, 0.5) is 32.2 Å². The maximum atomic E-state index is 10.6. The van der Waals surface area contributed by atoms with Crippen molar-refractivity contribution in [1.82, 2.24) is 14.9 Å². The lowest BCUT2D eigenvalue weighted by Crippen LogP contribution is -2.50. The lowest BCUT2D eigenvalue weighted by molar-refractivity contribution is -0.193. The van der Waals surface area contributed by atoms with Crippen molar-refractivity contribution in [2.45, 2.75) is 31.7 Å². The second-order valence-corrected chi connectivity index (χ2v) is 9.31. The molecule has 0 bridgehead atoms. The van der Waals surface area contributed by atoms with E-state index in [4.69, 9.17) is 29.3 Å². The highest BCUT2D eigenvalue weighted by atomic mass is 19.4. The Morgan fingerprint density at radius 1 is 1.00 bits per heavy atom. The van der Waals surface area contributed by atoms with E-state index in [1.54, 1.807) is 19.5 Å². The fourth-order valence-corrected chi connectivity index (χ4v) is 4.32. The number of methoxy groups -OCH3 is 1. The molecule has 1 unspecified atom stereocenters. The topological polar surface area (TPSA) is 125 Å². The molecule has 2 saturated heterocycles. The van der Waals surface area contributed by atoms with Gasteiger partial charge >= 0.3 is 24.3 Å². The minimum absolute atomic E-state index is 0.152. The fourth-order valence-electron chi connectivity index (χ4n) is 4.32. The third-order valence-corrected chi connectivity index (χ3v) is 6.10. The van der Waals surface area contributed by atoms with Gasteiger partial charge in [-0.1, -0.05) is 12.1 Å². The minimum Gasteiger partial charge on any atom is -0.497 e. The summed E-state index contributed by atoms with van der Waals surface area (Å²) in [6.07, 6.45) is -2.41. The van der Waals surface area contributed by atoms with Crippen LogP contribution in [0.5, 0.6) is 5.75 Å². The number of carboxylic acids is 2. The third-order valence-electron chi connectivity index (χ3n) is 6.10. The number of anilines is 1. The van der Waals surface area contributed by atoms with Gasteiger partial charge in [0.2, 0.25) is 0 Å². The summed E-state index contributed by atoms with van der Waals surface area (Å²) in [7, 11) is 1.71. The highest BCUT2D eigenvalue weighted by molar-refractivity contribution is 5.73. The number of likely N-dealkylation sites (tertiary alicyclic amines) is 1. The number of benzene rings is 1. The molecule has 1 spiro atoms. The fraction of sp³-hybridized carbons (Fsp3) is 0.520. The summed E-state index contributed by atoms with van der Waals surface area (Å²) in [5, 5.41) is 14.2. The summed E-state index contributed by atoms with van der Waals surface area (Å²) in [5.74, 6) is -3.65. The summed E-state index contributed by atoms with van der Waals surface area (Å²) in [5.41, 5.74) is 1.48. The number of alkyl halides is 6. The Kier molecular flexibility index (Phi) is 12.1. The Hall–Kier alpha value is -3.66. The van der Waals surface area contributed by atoms with E-state index in [-0.39, 0.29) is 5.41 Å². The number of carbonyl (C=O) groups is 2. The van der Waals surface area contributed by atoms with E-state index in [1.807, 2.05) is 18.3 Å². The lowest BCUT2D eigenvalue weighted by Gasteiger charge is -2.43. The average molecular weight is 597 g/mol. The quantitative estimate of drug-likeness (QED) is 0.503. The van der Waals surface area contributed by atoms with Gasteiger partial charge in [-0.05, 0) is 37.1 Å². The number of nitrogens with zero attached hydrogens (tertiary/aromatic N) is 4. The van der Waals surface area contributed by atoms with Crippen molar-refractivity contribution >= 4 is 17.8 Å². The van der Waals surface area contributed by atoms with E-state index in [1.165, 1.54) is 18.4 Å². The number of hydrogen-bond donors (Lipinski definition) is 2. The molecule has 0 amide bonds. The van der Waals surface area contributed by atoms with Crippen LogP contribution in [0.1, 0.15) is 18.4 Å². The van der Waals surface area contributed by atoms with Gasteiger partial charge < -0.3 is 24.6 Å². The smallest absolute Gasteiger partial charge is 0.490 e. The Morgan fingerprint density at radius 2 is 1.61 bits per heavy atom. The zero-order valence-corrected chi connectivity index (χ0v) is 22.0. The third kappa shape index (κ3) is 11.4. The Balaban J connectivity index is 0.000000349. The SMILES string of the molecule is COc1ccc(CN2CCCC3(COCCN(c4cnccn4)C3)C2)cc1.O=C(O)C(F)(F)F.O=C(O)C(F)(F)F. The molecule has 0 radical (unpaired) electrons. The zero-order valence-electron chi connectivity index (χ0n) is 22.0. The van der Waals surface area contributed by atoms with Gasteiger partial charge in [0.25, 0.3) is 0 Å². The molecule has 2 aliphatic heterocycles. The normalized spacial score (nSPS) is 19.6. The van der Waals surface area contributed by atoms with E-state index < -0.39 is 24.3 Å². The Morgan fingerprint density at radius 3 is 2.12 bits per heavy atom. The molecule has 2 N–H and O–H groups in total. The first kappa shape index (κ1) is 33.5. The summed E-state index contributed by atoms with van der Waals surface area (Å²) in [4.78, 5) is 31.5. The minimum atomic E-state index is -5.08. The number of carboxylic acid groups (broad SMARTS) is 2. The molecule has 1 aromatic heterocycles. The van der Waals surface area contributed by atoms with Crippen LogP contribution in [0.15, 0.2) is 42.9 Å². The number of aromatic nitrogens is 2. The number of hydrogen-bond acceptors (Lipinski definition) is 8. The second kappa shape index (κ2) is 14.8. The van der Waals surface area contributed by atoms with Crippen LogP contribution in [0.2, 0.25) is 0 Å². The van der Waals surface area contributed by atoms with E-state index in [2.05, 4.69) is 31.9 Å². The first-order valence-electron chi connectivity index (χ1n) is 12.2. The predicted octanol–water partition coefficient (Wildman–Crippen LogP) is 3.87. The lowest BCUT2D eigenvalue weighted by atomic mass is 9.80. The second-order valence-electron chi connectivity index (χ2n) is 9.31. The van der Waals surface area contributed by atoms with Crippen LogP contribution in [0, 0.1) is 5.41 Å². The van der Waals surface area contributed by atoms with E-state index in [9.17, 15) is 26.3 Å². The first-order valence-corrected chi connectivity index (χ1v) is 12.2. The van der Waals surface area contributed by atoms with Crippen molar-refractivity contribution in [2.75, 3.05) is 51.4 Å². The molecular formula is C25H30F6N4O6. The predicted molar refractivity (Wildman–Crippen MR) is 132 cm³/mol. The van der Waals surface area contributed by atoms with Crippen molar-refractivity contribution in [2.24, 2.45) is 5.41 Å². The van der Waals surface area contributed by atoms with Crippen LogP contribution in [-0.4, -0.2) is 95.9 Å². The van der Waals surface area contributed by atoms with Crippen LogP contribution in [-0.2, 0) is 20.9 Å². The molecule has 0 saturated carbocycles. The Labute approximate surface area is 231 Å². The number of aliphatic carboxylic acids is 2. The summed E-state index contributed by atoms with van der Waals surface area (Å²) in [6, 6.07) is 8.41. The zero-order chi connectivity index (χ0) is 30.7. The average Bonchev–Trinajstić information content (AvgIpc) is 3.11. The first-order chi connectivity index (χ1) is 19.1. The molecule has 2 fully saturated rings. The monoisotopic (exact) mass is 596 g/mol. The molecule has 2 aromatic rings. The van der Waals surface area contributed by atoms with E-state index >= 15 is 0 Å². The number of rotatable bonds is 4.